The normalized spacial score (nSPS) is 12.1. The number of nitrogens with one attached hydrogen (secondary N) is 2. The second kappa shape index (κ2) is 6.72. The Balaban J connectivity index is 2.15. The Morgan fingerprint density at radius 2 is 1.91 bits per heavy atom. The van der Waals surface area contributed by atoms with Gasteiger partial charge in [0.2, 0.25) is 0 Å². The third-order valence-electron chi connectivity index (χ3n) is 3.44. The van der Waals surface area contributed by atoms with Gasteiger partial charge in [-0.1, -0.05) is 13.8 Å². The summed E-state index contributed by atoms with van der Waals surface area (Å²) < 4.78 is 1.89. The lowest BCUT2D eigenvalue weighted by Crippen LogP contribution is -2.39. The zero-order valence-electron chi connectivity index (χ0n) is 13.3. The van der Waals surface area contributed by atoms with Gasteiger partial charge in [-0.25, -0.2) is 0 Å². The average molecular weight is 431 g/mol. The van der Waals surface area contributed by atoms with Gasteiger partial charge in [-0.15, -0.1) is 0 Å². The maximum atomic E-state index is 12.5. The van der Waals surface area contributed by atoms with E-state index < -0.39 is 0 Å². The number of halogens is 2. The first kappa shape index (κ1) is 17.5. The topological polar surface area (TPSA) is 48.1 Å². The highest BCUT2D eigenvalue weighted by molar-refractivity contribution is 9.13. The first-order valence-electron chi connectivity index (χ1n) is 7.09. The summed E-state index contributed by atoms with van der Waals surface area (Å²) in [7, 11) is 4.08. The van der Waals surface area contributed by atoms with Crippen LogP contribution in [-0.2, 0) is 0 Å². The van der Waals surface area contributed by atoms with E-state index in [1.54, 1.807) is 6.20 Å². The van der Waals surface area contributed by atoms with Crippen LogP contribution in [0.3, 0.4) is 0 Å². The number of nitrogens with zero attached hydrogens (tertiary/aromatic N) is 1. The lowest BCUT2D eigenvalue weighted by molar-refractivity contribution is 0.0931. The monoisotopic (exact) mass is 429 g/mol. The van der Waals surface area contributed by atoms with E-state index in [-0.39, 0.29) is 11.3 Å². The number of amides is 1. The summed E-state index contributed by atoms with van der Waals surface area (Å²) in [5.41, 5.74) is 1.63. The predicted molar refractivity (Wildman–Crippen MR) is 98.4 cm³/mol. The van der Waals surface area contributed by atoms with Crippen molar-refractivity contribution in [2.75, 3.05) is 27.2 Å². The van der Waals surface area contributed by atoms with Gasteiger partial charge in [-0.05, 0) is 63.5 Å². The fourth-order valence-electron chi connectivity index (χ4n) is 2.63. The molecule has 120 valence electrons. The standard InChI is InChI=1S/C16H21Br2N3O/c1-16(2,9-21(3)4)8-20-15(22)11-7-19-14-6-13(18)12(17)5-10(11)14/h5-7,19H,8-9H2,1-4H3,(H,20,22). The Hall–Kier alpha value is -0.850. The Labute approximate surface area is 147 Å². The van der Waals surface area contributed by atoms with E-state index in [4.69, 9.17) is 0 Å². The third-order valence-corrected chi connectivity index (χ3v) is 5.28. The van der Waals surface area contributed by atoms with Crippen molar-refractivity contribution in [1.29, 1.82) is 0 Å². The van der Waals surface area contributed by atoms with Gasteiger partial charge < -0.3 is 15.2 Å². The maximum absolute atomic E-state index is 12.5. The molecule has 0 aliphatic rings. The summed E-state index contributed by atoms with van der Waals surface area (Å²) in [5, 5.41) is 3.96. The molecule has 0 unspecified atom stereocenters. The van der Waals surface area contributed by atoms with Crippen LogP contribution in [0.2, 0.25) is 0 Å². The van der Waals surface area contributed by atoms with E-state index in [9.17, 15) is 4.79 Å². The lowest BCUT2D eigenvalue weighted by atomic mass is 9.93. The van der Waals surface area contributed by atoms with Crippen molar-refractivity contribution in [2.45, 2.75) is 13.8 Å². The van der Waals surface area contributed by atoms with Crippen LogP contribution >= 0.6 is 31.9 Å². The van der Waals surface area contributed by atoms with E-state index in [1.807, 2.05) is 26.2 Å². The second-order valence-electron chi connectivity index (χ2n) is 6.60. The fourth-order valence-corrected chi connectivity index (χ4v) is 3.32. The number of aromatic nitrogens is 1. The Kier molecular flexibility index (Phi) is 5.35. The van der Waals surface area contributed by atoms with Crippen molar-refractivity contribution >= 4 is 48.7 Å². The summed E-state index contributed by atoms with van der Waals surface area (Å²) in [4.78, 5) is 17.8. The highest BCUT2D eigenvalue weighted by Crippen LogP contribution is 2.30. The summed E-state index contributed by atoms with van der Waals surface area (Å²) in [6.45, 7) is 5.85. The quantitative estimate of drug-likeness (QED) is 0.752. The Bertz CT molecular complexity index is 692. The number of benzene rings is 1. The molecule has 1 amide bonds. The molecule has 0 spiro atoms. The molecule has 6 heteroatoms. The fraction of sp³-hybridized carbons (Fsp3) is 0.438. The number of H-pyrrole nitrogens is 1. The molecule has 0 aliphatic carbocycles. The molecule has 0 saturated carbocycles. The van der Waals surface area contributed by atoms with Crippen LogP contribution in [-0.4, -0.2) is 43.0 Å². The van der Waals surface area contributed by atoms with Crippen molar-refractivity contribution in [2.24, 2.45) is 5.41 Å². The van der Waals surface area contributed by atoms with Gasteiger partial charge in [0.1, 0.15) is 0 Å². The Morgan fingerprint density at radius 1 is 1.27 bits per heavy atom. The molecule has 2 aromatic rings. The Morgan fingerprint density at radius 3 is 2.55 bits per heavy atom. The first-order chi connectivity index (χ1) is 10.2. The van der Waals surface area contributed by atoms with E-state index >= 15 is 0 Å². The largest absolute Gasteiger partial charge is 0.360 e. The molecular formula is C16H21Br2N3O. The van der Waals surface area contributed by atoms with Gasteiger partial charge in [0.05, 0.1) is 5.56 Å². The molecule has 2 N–H and O–H groups in total. The minimum atomic E-state index is -0.0488. The van der Waals surface area contributed by atoms with E-state index in [2.05, 4.69) is 60.9 Å². The number of carbonyl (C=O) groups excluding carboxylic acids is 1. The van der Waals surface area contributed by atoms with Crippen molar-refractivity contribution in [3.05, 3.63) is 32.8 Å². The number of aromatic amines is 1. The SMILES string of the molecule is CN(C)CC(C)(C)CNC(=O)c1c[nH]c2cc(Br)c(Br)cc12. The first-order valence-corrected chi connectivity index (χ1v) is 8.67. The number of hydrogen-bond donors (Lipinski definition) is 2. The third kappa shape index (κ3) is 4.12. The van der Waals surface area contributed by atoms with Gasteiger partial charge >= 0.3 is 0 Å². The molecular weight excluding hydrogens is 410 g/mol. The summed E-state index contributed by atoms with van der Waals surface area (Å²) in [5.74, 6) is -0.0488. The lowest BCUT2D eigenvalue weighted by Gasteiger charge is -2.28. The van der Waals surface area contributed by atoms with E-state index in [0.29, 0.717) is 12.1 Å². The maximum Gasteiger partial charge on any atom is 0.253 e. The molecule has 22 heavy (non-hydrogen) atoms. The van der Waals surface area contributed by atoms with Crippen molar-refractivity contribution in [1.82, 2.24) is 15.2 Å². The average Bonchev–Trinajstić information content (AvgIpc) is 2.78. The molecule has 1 aromatic carbocycles. The minimum absolute atomic E-state index is 0.0227. The molecule has 0 aliphatic heterocycles. The molecule has 1 aromatic heterocycles. The minimum Gasteiger partial charge on any atom is -0.360 e. The number of hydrogen-bond acceptors (Lipinski definition) is 2. The molecule has 0 bridgehead atoms. The molecule has 0 fully saturated rings. The highest BCUT2D eigenvalue weighted by atomic mass is 79.9. The van der Waals surface area contributed by atoms with Crippen molar-refractivity contribution in [3.8, 4) is 0 Å². The molecule has 2 rings (SSSR count). The summed E-state index contributed by atoms with van der Waals surface area (Å²) >= 11 is 6.95. The van der Waals surface area contributed by atoms with Crippen LogP contribution in [0.25, 0.3) is 10.9 Å². The smallest absolute Gasteiger partial charge is 0.253 e. The number of rotatable bonds is 5. The van der Waals surface area contributed by atoms with Gasteiger partial charge in [0.15, 0.2) is 0 Å². The van der Waals surface area contributed by atoms with Gasteiger partial charge in [-0.3, -0.25) is 4.79 Å². The zero-order valence-corrected chi connectivity index (χ0v) is 16.4. The zero-order chi connectivity index (χ0) is 16.5. The molecule has 0 radical (unpaired) electrons. The van der Waals surface area contributed by atoms with Crippen LogP contribution < -0.4 is 5.32 Å². The molecule has 1 heterocycles. The summed E-state index contributed by atoms with van der Waals surface area (Å²) in [6, 6.07) is 3.92. The molecule has 4 nitrogen and oxygen atoms in total. The second-order valence-corrected chi connectivity index (χ2v) is 8.31. The molecule has 0 saturated heterocycles. The van der Waals surface area contributed by atoms with Crippen molar-refractivity contribution < 1.29 is 4.79 Å². The van der Waals surface area contributed by atoms with Gasteiger partial charge in [0.25, 0.3) is 5.91 Å². The van der Waals surface area contributed by atoms with Crippen LogP contribution in [0.1, 0.15) is 24.2 Å². The number of fused-ring (bicyclic) bond motifs is 1. The molecule has 0 atom stereocenters. The van der Waals surface area contributed by atoms with Crippen LogP contribution in [0, 0.1) is 5.41 Å². The van der Waals surface area contributed by atoms with E-state index in [1.165, 1.54) is 0 Å². The predicted octanol–water partition coefficient (Wildman–Crippen LogP) is 4.01. The number of carbonyl (C=O) groups is 1. The van der Waals surface area contributed by atoms with Gasteiger partial charge in [-0.2, -0.15) is 0 Å². The van der Waals surface area contributed by atoms with Crippen LogP contribution in [0.5, 0.6) is 0 Å². The van der Waals surface area contributed by atoms with E-state index in [0.717, 1.165) is 26.4 Å². The van der Waals surface area contributed by atoms with Crippen LogP contribution in [0.15, 0.2) is 27.3 Å². The van der Waals surface area contributed by atoms with Crippen molar-refractivity contribution in [3.63, 3.8) is 0 Å². The van der Waals surface area contributed by atoms with Gasteiger partial charge in [0, 0.05) is 39.1 Å². The highest BCUT2D eigenvalue weighted by Gasteiger charge is 2.21. The summed E-state index contributed by atoms with van der Waals surface area (Å²) in [6.07, 6.45) is 1.76. The van der Waals surface area contributed by atoms with Crippen LogP contribution in [0.4, 0.5) is 0 Å².